The van der Waals surface area contributed by atoms with Gasteiger partial charge in [-0.05, 0) is 0 Å². The van der Waals surface area contributed by atoms with Gasteiger partial charge < -0.3 is 4.74 Å². The molecule has 0 radical (unpaired) electrons. The van der Waals surface area contributed by atoms with Crippen molar-refractivity contribution in [3.05, 3.63) is 17.0 Å². The molecule has 8 heteroatoms. The predicted molar refractivity (Wildman–Crippen MR) is 57.6 cm³/mol. The number of halogens is 5. The van der Waals surface area contributed by atoms with Crippen LogP contribution in [-0.4, -0.2) is 28.9 Å². The lowest BCUT2D eigenvalue weighted by Crippen LogP contribution is -2.34. The molecule has 0 aliphatic rings. The van der Waals surface area contributed by atoms with Crippen molar-refractivity contribution in [1.29, 1.82) is 0 Å². The first kappa shape index (κ1) is 14.9. The topological polar surface area (TPSA) is 35.0 Å². The van der Waals surface area contributed by atoms with Crippen LogP contribution in [0.1, 0.15) is 25.6 Å². The zero-order valence-electron chi connectivity index (χ0n) is 9.63. The van der Waals surface area contributed by atoms with Crippen molar-refractivity contribution in [2.75, 3.05) is 6.61 Å². The molecule has 0 fully saturated rings. The third-order valence-electron chi connectivity index (χ3n) is 1.94. The Hall–Kier alpha value is -1.11. The highest BCUT2D eigenvalue weighted by molar-refractivity contribution is 6.29. The van der Waals surface area contributed by atoms with E-state index in [4.69, 9.17) is 11.6 Å². The molecule has 0 aliphatic carbocycles. The van der Waals surface area contributed by atoms with Crippen molar-refractivity contribution in [2.24, 2.45) is 0 Å². The lowest BCUT2D eigenvalue weighted by molar-refractivity contribution is -0.148. The van der Waals surface area contributed by atoms with Gasteiger partial charge in [-0.2, -0.15) is 13.8 Å². The van der Waals surface area contributed by atoms with Crippen LogP contribution in [0.2, 0.25) is 5.15 Å². The van der Waals surface area contributed by atoms with Crippen molar-refractivity contribution < 1.29 is 22.3 Å². The molecule has 0 aromatic carbocycles. The van der Waals surface area contributed by atoms with Gasteiger partial charge >= 0.3 is 12.3 Å². The van der Waals surface area contributed by atoms with Crippen LogP contribution in [0.25, 0.3) is 0 Å². The van der Waals surface area contributed by atoms with Crippen LogP contribution < -0.4 is 4.74 Å². The minimum atomic E-state index is -4.23. The van der Waals surface area contributed by atoms with E-state index in [-0.39, 0.29) is 22.8 Å². The maximum absolute atomic E-state index is 12.6. The largest absolute Gasteiger partial charge is 0.471 e. The maximum atomic E-state index is 12.6. The van der Waals surface area contributed by atoms with Gasteiger partial charge in [0, 0.05) is 12.0 Å². The molecule has 1 aromatic heterocycles. The number of ether oxygens (including phenoxy) is 1. The summed E-state index contributed by atoms with van der Waals surface area (Å²) >= 11 is 5.64. The van der Waals surface area contributed by atoms with Crippen molar-refractivity contribution in [3.8, 4) is 5.88 Å². The van der Waals surface area contributed by atoms with E-state index in [1.807, 2.05) is 0 Å². The van der Waals surface area contributed by atoms with Crippen molar-refractivity contribution >= 4 is 11.6 Å². The Kier molecular flexibility index (Phi) is 4.72. The van der Waals surface area contributed by atoms with Gasteiger partial charge in [-0.3, -0.25) is 0 Å². The molecule has 0 saturated carbocycles. The number of aromatic nitrogens is 2. The SMILES string of the molecule is CC(C)c1nc(Cl)cc(OCC(F)(F)C(F)F)n1. The molecule has 3 nitrogen and oxygen atoms in total. The van der Waals surface area contributed by atoms with Gasteiger partial charge in [0.2, 0.25) is 5.88 Å². The summed E-state index contributed by atoms with van der Waals surface area (Å²) in [6.45, 7) is 2.07. The van der Waals surface area contributed by atoms with Gasteiger partial charge in [0.05, 0.1) is 0 Å². The third-order valence-corrected chi connectivity index (χ3v) is 2.13. The fraction of sp³-hybridized carbons (Fsp3) is 0.600. The van der Waals surface area contributed by atoms with Gasteiger partial charge in [0.25, 0.3) is 0 Å². The minimum absolute atomic E-state index is 0.00376. The van der Waals surface area contributed by atoms with Crippen molar-refractivity contribution in [1.82, 2.24) is 9.97 Å². The quantitative estimate of drug-likeness (QED) is 0.613. The molecule has 18 heavy (non-hydrogen) atoms. The molecule has 102 valence electrons. The van der Waals surface area contributed by atoms with Crippen LogP contribution in [0.4, 0.5) is 17.6 Å². The Morgan fingerprint density at radius 1 is 1.33 bits per heavy atom. The van der Waals surface area contributed by atoms with Crippen molar-refractivity contribution in [3.63, 3.8) is 0 Å². The van der Waals surface area contributed by atoms with Crippen LogP contribution in [0.5, 0.6) is 5.88 Å². The molecule has 0 saturated heterocycles. The molecule has 1 heterocycles. The van der Waals surface area contributed by atoms with E-state index in [1.165, 1.54) is 0 Å². The Morgan fingerprint density at radius 3 is 2.44 bits per heavy atom. The highest BCUT2D eigenvalue weighted by Gasteiger charge is 2.41. The maximum Gasteiger partial charge on any atom is 0.340 e. The number of nitrogens with zero attached hydrogens (tertiary/aromatic N) is 2. The molecule has 0 N–H and O–H groups in total. The second-order valence-corrected chi connectivity index (χ2v) is 4.28. The first-order valence-corrected chi connectivity index (χ1v) is 5.43. The highest BCUT2D eigenvalue weighted by Crippen LogP contribution is 2.25. The Labute approximate surface area is 106 Å². The molecular weight excluding hydrogens is 276 g/mol. The lowest BCUT2D eigenvalue weighted by atomic mass is 10.2. The Balaban J connectivity index is 2.79. The molecule has 0 spiro atoms. The summed E-state index contributed by atoms with van der Waals surface area (Å²) in [6, 6.07) is 1.09. The zero-order valence-corrected chi connectivity index (χ0v) is 10.4. The lowest BCUT2D eigenvalue weighted by Gasteiger charge is -2.16. The summed E-state index contributed by atoms with van der Waals surface area (Å²) in [5.74, 6) is -4.28. The molecule has 0 amide bonds. The van der Waals surface area contributed by atoms with Gasteiger partial charge in [-0.25, -0.2) is 13.8 Å². The molecule has 1 aromatic rings. The number of hydrogen-bond donors (Lipinski definition) is 0. The van der Waals surface area contributed by atoms with Gasteiger partial charge in [-0.1, -0.05) is 25.4 Å². The van der Waals surface area contributed by atoms with Crippen LogP contribution in [0.3, 0.4) is 0 Å². The van der Waals surface area contributed by atoms with Crippen LogP contribution in [0.15, 0.2) is 6.07 Å². The second kappa shape index (κ2) is 5.69. The number of hydrogen-bond acceptors (Lipinski definition) is 3. The number of rotatable bonds is 5. The summed E-state index contributed by atoms with van der Waals surface area (Å²) in [4.78, 5) is 7.65. The minimum Gasteiger partial charge on any atom is -0.471 e. The Bertz CT molecular complexity index is 415. The average Bonchev–Trinajstić information content (AvgIpc) is 2.25. The third kappa shape index (κ3) is 3.97. The Morgan fingerprint density at radius 2 is 1.94 bits per heavy atom. The summed E-state index contributed by atoms with van der Waals surface area (Å²) < 4.78 is 53.6. The molecule has 1 rings (SSSR count). The van der Waals surface area contributed by atoms with E-state index < -0.39 is 19.0 Å². The van der Waals surface area contributed by atoms with E-state index in [0.717, 1.165) is 6.07 Å². The van der Waals surface area contributed by atoms with Gasteiger partial charge in [-0.15, -0.1) is 0 Å². The molecule has 0 aliphatic heterocycles. The standard InChI is InChI=1S/C10H11ClF4N2O/c1-5(2)8-16-6(11)3-7(17-8)18-4-10(14,15)9(12)13/h3,5,9H,4H2,1-2H3. The van der Waals surface area contributed by atoms with E-state index >= 15 is 0 Å². The summed E-state index contributed by atoms with van der Waals surface area (Å²) in [6.07, 6.45) is -3.79. The van der Waals surface area contributed by atoms with E-state index in [2.05, 4.69) is 14.7 Å². The van der Waals surface area contributed by atoms with Gasteiger partial charge in [0.15, 0.2) is 6.61 Å². The monoisotopic (exact) mass is 286 g/mol. The second-order valence-electron chi connectivity index (χ2n) is 3.89. The fourth-order valence-electron chi connectivity index (χ4n) is 0.979. The fourth-order valence-corrected chi connectivity index (χ4v) is 1.16. The molecule has 0 atom stereocenters. The number of alkyl halides is 4. The zero-order chi connectivity index (χ0) is 13.9. The van der Waals surface area contributed by atoms with Crippen LogP contribution in [0, 0.1) is 0 Å². The molecule has 0 bridgehead atoms. The van der Waals surface area contributed by atoms with Crippen molar-refractivity contribution in [2.45, 2.75) is 32.1 Å². The van der Waals surface area contributed by atoms with E-state index in [0.29, 0.717) is 0 Å². The van der Waals surface area contributed by atoms with E-state index in [1.54, 1.807) is 13.8 Å². The first-order valence-electron chi connectivity index (χ1n) is 5.05. The average molecular weight is 287 g/mol. The highest BCUT2D eigenvalue weighted by atomic mass is 35.5. The first-order chi connectivity index (χ1) is 8.22. The van der Waals surface area contributed by atoms with Crippen LogP contribution in [-0.2, 0) is 0 Å². The smallest absolute Gasteiger partial charge is 0.340 e. The predicted octanol–water partition coefficient (Wildman–Crippen LogP) is 3.53. The van der Waals surface area contributed by atoms with E-state index in [9.17, 15) is 17.6 Å². The molecule has 0 unspecified atom stereocenters. The normalized spacial score (nSPS) is 12.3. The summed E-state index contributed by atoms with van der Waals surface area (Å²) in [7, 11) is 0. The summed E-state index contributed by atoms with van der Waals surface area (Å²) in [5, 5.41) is 0.00376. The van der Waals surface area contributed by atoms with Gasteiger partial charge in [0.1, 0.15) is 11.0 Å². The van der Waals surface area contributed by atoms with Crippen LogP contribution >= 0.6 is 11.6 Å². The summed E-state index contributed by atoms with van der Waals surface area (Å²) in [5.41, 5.74) is 0. The molecular formula is C10H11ClF4N2O.